The molecule has 1 aromatic carbocycles. The quantitative estimate of drug-likeness (QED) is 0.739. The Balaban J connectivity index is 1.72. The Bertz CT molecular complexity index is 730. The summed E-state index contributed by atoms with van der Waals surface area (Å²) in [6.07, 6.45) is 3.37. The van der Waals surface area contributed by atoms with Crippen LogP contribution >= 0.6 is 0 Å². The highest BCUT2D eigenvalue weighted by atomic mass is 15.4. The number of guanidine groups is 1. The third kappa shape index (κ3) is 1.53. The molecule has 4 heterocycles. The maximum absolute atomic E-state index is 4.77. The minimum absolute atomic E-state index is 0.445. The van der Waals surface area contributed by atoms with Gasteiger partial charge in [0.15, 0.2) is 5.96 Å². The van der Waals surface area contributed by atoms with Crippen molar-refractivity contribution in [3.63, 3.8) is 0 Å². The van der Waals surface area contributed by atoms with Gasteiger partial charge in [-0.1, -0.05) is 18.2 Å². The predicted molar refractivity (Wildman–Crippen MR) is 82.5 cm³/mol. The van der Waals surface area contributed by atoms with Gasteiger partial charge in [-0.05, 0) is 30.2 Å². The molecule has 3 aliphatic heterocycles. The zero-order chi connectivity index (χ0) is 13.8. The maximum Gasteiger partial charge on any atom is 0.197 e. The second-order valence-electron chi connectivity index (χ2n) is 6.03. The van der Waals surface area contributed by atoms with Crippen LogP contribution in [0.3, 0.4) is 0 Å². The lowest BCUT2D eigenvalue weighted by atomic mass is 10.1. The van der Waals surface area contributed by atoms with E-state index in [9.17, 15) is 0 Å². The van der Waals surface area contributed by atoms with Gasteiger partial charge in [0, 0.05) is 31.5 Å². The van der Waals surface area contributed by atoms with Crippen molar-refractivity contribution in [2.24, 2.45) is 4.99 Å². The van der Waals surface area contributed by atoms with E-state index >= 15 is 0 Å². The average molecular weight is 278 g/mol. The number of benzene rings is 1. The zero-order valence-electron chi connectivity index (χ0n) is 11.9. The van der Waals surface area contributed by atoms with Crippen LogP contribution in [0.5, 0.6) is 0 Å². The van der Waals surface area contributed by atoms with Crippen molar-refractivity contribution >= 4 is 5.96 Å². The van der Waals surface area contributed by atoms with Crippen molar-refractivity contribution in [2.45, 2.75) is 19.0 Å². The smallest absolute Gasteiger partial charge is 0.197 e. The summed E-state index contributed by atoms with van der Waals surface area (Å²) in [6.45, 7) is 4.11. The number of hydrogen-bond acceptors (Lipinski definition) is 3. The molecule has 4 heteroatoms. The largest absolute Gasteiger partial charge is 0.341 e. The molecule has 1 saturated heterocycles. The molecule has 0 N–H and O–H groups in total. The molecule has 0 bridgehead atoms. The van der Waals surface area contributed by atoms with E-state index in [4.69, 9.17) is 4.99 Å². The van der Waals surface area contributed by atoms with Crippen molar-refractivity contribution < 1.29 is 0 Å². The van der Waals surface area contributed by atoms with E-state index < -0.39 is 0 Å². The highest BCUT2D eigenvalue weighted by Gasteiger charge is 2.37. The average Bonchev–Trinajstić information content (AvgIpc) is 3.15. The number of hydrogen-bond donors (Lipinski definition) is 0. The topological polar surface area (TPSA) is 23.8 Å². The van der Waals surface area contributed by atoms with Crippen molar-refractivity contribution in [1.29, 1.82) is 0 Å². The third-order valence-electron chi connectivity index (χ3n) is 4.93. The van der Waals surface area contributed by atoms with Crippen molar-refractivity contribution in [2.75, 3.05) is 19.6 Å². The lowest BCUT2D eigenvalue weighted by Gasteiger charge is -2.41. The SMILES string of the molecule is c1ccc2c(c1)CN1C3=NCCN3CCC1c1cccn1-2. The fourth-order valence-electron chi connectivity index (χ4n) is 3.96. The van der Waals surface area contributed by atoms with E-state index in [1.165, 1.54) is 29.3 Å². The van der Waals surface area contributed by atoms with Crippen LogP contribution in [0, 0.1) is 0 Å². The van der Waals surface area contributed by atoms with E-state index in [-0.39, 0.29) is 0 Å². The van der Waals surface area contributed by atoms with Gasteiger partial charge in [-0.15, -0.1) is 0 Å². The fourth-order valence-corrected chi connectivity index (χ4v) is 3.96. The lowest BCUT2D eigenvalue weighted by Crippen LogP contribution is -2.49. The van der Waals surface area contributed by atoms with Gasteiger partial charge in [0.2, 0.25) is 0 Å². The van der Waals surface area contributed by atoms with Gasteiger partial charge in [-0.3, -0.25) is 4.99 Å². The van der Waals surface area contributed by atoms with Crippen molar-refractivity contribution in [1.82, 2.24) is 14.4 Å². The van der Waals surface area contributed by atoms with Crippen LogP contribution in [-0.2, 0) is 6.54 Å². The Morgan fingerprint density at radius 2 is 2.00 bits per heavy atom. The van der Waals surface area contributed by atoms with E-state index in [0.29, 0.717) is 6.04 Å². The Kier molecular flexibility index (Phi) is 2.25. The molecule has 1 atom stereocenters. The highest BCUT2D eigenvalue weighted by molar-refractivity contribution is 5.83. The Hall–Kier alpha value is -2.23. The van der Waals surface area contributed by atoms with Crippen LogP contribution in [0.1, 0.15) is 23.7 Å². The molecule has 106 valence electrons. The van der Waals surface area contributed by atoms with E-state index in [0.717, 1.165) is 26.2 Å². The second kappa shape index (κ2) is 4.13. The van der Waals surface area contributed by atoms with Crippen LogP contribution < -0.4 is 0 Å². The summed E-state index contributed by atoms with van der Waals surface area (Å²) >= 11 is 0. The normalized spacial score (nSPS) is 22.9. The molecule has 3 aliphatic rings. The van der Waals surface area contributed by atoms with Crippen LogP contribution in [0.2, 0.25) is 0 Å². The predicted octanol–water partition coefficient (Wildman–Crippen LogP) is 2.41. The Morgan fingerprint density at radius 1 is 1.05 bits per heavy atom. The monoisotopic (exact) mass is 278 g/mol. The molecular weight excluding hydrogens is 260 g/mol. The number of fused-ring (bicyclic) bond motifs is 7. The number of nitrogens with zero attached hydrogens (tertiary/aromatic N) is 4. The highest BCUT2D eigenvalue weighted by Crippen LogP contribution is 2.37. The van der Waals surface area contributed by atoms with Gasteiger partial charge in [-0.25, -0.2) is 0 Å². The molecule has 1 aromatic heterocycles. The summed E-state index contributed by atoms with van der Waals surface area (Å²) in [5.41, 5.74) is 4.10. The summed E-state index contributed by atoms with van der Waals surface area (Å²) in [7, 11) is 0. The van der Waals surface area contributed by atoms with Crippen LogP contribution in [-0.4, -0.2) is 40.0 Å². The van der Waals surface area contributed by atoms with Gasteiger partial charge in [0.25, 0.3) is 0 Å². The van der Waals surface area contributed by atoms with E-state index in [2.05, 4.69) is 57.0 Å². The number of aromatic nitrogens is 1. The standard InChI is InChI=1S/C17H18N4/c1-2-5-14-13(4-1)12-21-16(15-6-3-9-20(14)15)7-10-19-11-8-18-17(19)21/h1-6,9,16H,7-8,10-12H2. The first-order valence-corrected chi connectivity index (χ1v) is 7.73. The van der Waals surface area contributed by atoms with Gasteiger partial charge in [-0.2, -0.15) is 0 Å². The zero-order valence-corrected chi connectivity index (χ0v) is 11.9. The van der Waals surface area contributed by atoms with E-state index in [1.807, 2.05) is 0 Å². The van der Waals surface area contributed by atoms with Crippen molar-refractivity contribution in [3.8, 4) is 5.69 Å². The lowest BCUT2D eigenvalue weighted by molar-refractivity contribution is 0.197. The Labute approximate surface area is 124 Å². The Morgan fingerprint density at radius 3 is 3.00 bits per heavy atom. The summed E-state index contributed by atoms with van der Waals surface area (Å²) in [6, 6.07) is 13.6. The summed E-state index contributed by atoms with van der Waals surface area (Å²) in [5.74, 6) is 1.20. The fraction of sp³-hybridized carbons (Fsp3) is 0.353. The number of para-hydroxylation sites is 1. The summed E-state index contributed by atoms with van der Waals surface area (Å²) < 4.78 is 2.37. The number of aliphatic imine (C=N–C) groups is 1. The maximum atomic E-state index is 4.77. The van der Waals surface area contributed by atoms with Gasteiger partial charge in [0.1, 0.15) is 0 Å². The third-order valence-corrected chi connectivity index (χ3v) is 4.93. The number of rotatable bonds is 0. The molecule has 2 aromatic rings. The molecule has 21 heavy (non-hydrogen) atoms. The molecule has 0 radical (unpaired) electrons. The second-order valence-corrected chi connectivity index (χ2v) is 6.03. The molecule has 1 fully saturated rings. The van der Waals surface area contributed by atoms with Gasteiger partial charge < -0.3 is 14.4 Å². The van der Waals surface area contributed by atoms with Crippen LogP contribution in [0.15, 0.2) is 47.6 Å². The molecule has 0 aliphatic carbocycles. The minimum atomic E-state index is 0.445. The first-order chi connectivity index (χ1) is 10.4. The molecule has 0 saturated carbocycles. The first kappa shape index (κ1) is 11.4. The first-order valence-electron chi connectivity index (χ1n) is 7.73. The summed E-state index contributed by atoms with van der Waals surface area (Å²) in [5, 5.41) is 0. The molecule has 4 nitrogen and oxygen atoms in total. The molecular formula is C17H18N4. The van der Waals surface area contributed by atoms with Gasteiger partial charge in [0.05, 0.1) is 18.3 Å². The molecule has 5 rings (SSSR count). The molecule has 0 spiro atoms. The van der Waals surface area contributed by atoms with E-state index in [1.54, 1.807) is 0 Å². The van der Waals surface area contributed by atoms with Crippen LogP contribution in [0.4, 0.5) is 0 Å². The molecule has 1 unspecified atom stereocenters. The minimum Gasteiger partial charge on any atom is -0.341 e. The summed E-state index contributed by atoms with van der Waals surface area (Å²) in [4.78, 5) is 9.72. The van der Waals surface area contributed by atoms with Crippen LogP contribution in [0.25, 0.3) is 5.69 Å². The van der Waals surface area contributed by atoms with Gasteiger partial charge >= 0.3 is 0 Å². The molecule has 0 amide bonds. The van der Waals surface area contributed by atoms with Crippen molar-refractivity contribution in [3.05, 3.63) is 53.9 Å².